The van der Waals surface area contributed by atoms with Crippen LogP contribution < -0.4 is 0 Å². The van der Waals surface area contributed by atoms with Gasteiger partial charge in [-0.1, -0.05) is 103 Å². The van der Waals surface area contributed by atoms with E-state index >= 15 is 0 Å². The van der Waals surface area contributed by atoms with Crippen molar-refractivity contribution in [3.8, 4) is 45.3 Å². The molecule has 5 aromatic carbocycles. The number of aromatic nitrogens is 5. The minimum atomic E-state index is 0.00437. The zero-order valence-corrected chi connectivity index (χ0v) is 30.9. The molecule has 5 nitrogen and oxygen atoms in total. The summed E-state index contributed by atoms with van der Waals surface area (Å²) in [6.07, 6.45) is 10.4. The summed E-state index contributed by atoms with van der Waals surface area (Å²) in [5.41, 5.74) is 11.5. The zero-order valence-electron chi connectivity index (χ0n) is 30.9. The molecule has 3 aromatic heterocycles. The molecule has 5 heteroatoms. The Hall–Kier alpha value is -6.07. The maximum atomic E-state index is 5.14. The summed E-state index contributed by atoms with van der Waals surface area (Å²) in [7, 11) is 0. The Morgan fingerprint density at radius 2 is 0.927 bits per heavy atom. The number of hydrogen-bond acceptors (Lipinski definition) is 5. The third-order valence-corrected chi connectivity index (χ3v) is 13.2. The van der Waals surface area contributed by atoms with Gasteiger partial charge >= 0.3 is 0 Å². The molecule has 12 rings (SSSR count). The highest BCUT2D eigenvalue weighted by Gasteiger charge is 2.58. The van der Waals surface area contributed by atoms with Gasteiger partial charge < -0.3 is 0 Å². The first-order valence-corrected chi connectivity index (χ1v) is 19.8. The van der Waals surface area contributed by atoms with Gasteiger partial charge in [-0.25, -0.2) is 15.0 Å². The zero-order chi connectivity index (χ0) is 36.5. The quantitative estimate of drug-likeness (QED) is 0.172. The average molecular weight is 712 g/mol. The molecular weight excluding hydrogens is 671 g/mol. The maximum Gasteiger partial charge on any atom is 0.164 e. The Kier molecular flexibility index (Phi) is 7.51. The molecule has 8 aromatic rings. The van der Waals surface area contributed by atoms with E-state index < -0.39 is 0 Å². The number of pyridine rings is 2. The molecule has 4 fully saturated rings. The van der Waals surface area contributed by atoms with Gasteiger partial charge in [-0.3, -0.25) is 9.97 Å². The number of fused-ring (bicyclic) bond motifs is 2. The van der Waals surface area contributed by atoms with Gasteiger partial charge in [-0.2, -0.15) is 0 Å². The van der Waals surface area contributed by atoms with E-state index in [4.69, 9.17) is 15.0 Å². The molecule has 4 aliphatic rings. The first kappa shape index (κ1) is 32.4. The fraction of sp³-hybridized carbons (Fsp3) is 0.220. The minimum absolute atomic E-state index is 0.00437. The van der Waals surface area contributed by atoms with E-state index in [-0.39, 0.29) is 5.41 Å². The molecule has 266 valence electrons. The highest BCUT2D eigenvalue weighted by Crippen LogP contribution is 2.65. The smallest absolute Gasteiger partial charge is 0.164 e. The van der Waals surface area contributed by atoms with E-state index in [2.05, 4.69) is 132 Å². The second-order valence-corrected chi connectivity index (χ2v) is 16.3. The van der Waals surface area contributed by atoms with Crippen LogP contribution in [0.2, 0.25) is 0 Å². The van der Waals surface area contributed by atoms with Crippen molar-refractivity contribution >= 4 is 21.8 Å². The van der Waals surface area contributed by atoms with E-state index in [1.165, 1.54) is 59.9 Å². The highest BCUT2D eigenvalue weighted by molar-refractivity contribution is 5.85. The van der Waals surface area contributed by atoms with Gasteiger partial charge in [0.1, 0.15) is 0 Å². The van der Waals surface area contributed by atoms with Crippen molar-refractivity contribution in [1.29, 1.82) is 0 Å². The molecule has 0 unspecified atom stereocenters. The molecule has 0 amide bonds. The fourth-order valence-electron chi connectivity index (χ4n) is 10.8. The van der Waals surface area contributed by atoms with Crippen molar-refractivity contribution < 1.29 is 0 Å². The van der Waals surface area contributed by atoms with E-state index in [9.17, 15) is 0 Å². The molecule has 0 radical (unpaired) electrons. The van der Waals surface area contributed by atoms with Gasteiger partial charge in [0.15, 0.2) is 17.5 Å². The van der Waals surface area contributed by atoms with Crippen LogP contribution in [0.25, 0.3) is 67.1 Å². The number of nitrogens with zero attached hydrogens (tertiary/aromatic N) is 5. The lowest BCUT2D eigenvalue weighted by molar-refractivity contribution is -0.0418. The normalized spacial score (nSPS) is 22.7. The minimum Gasteiger partial charge on any atom is -0.256 e. The summed E-state index contributed by atoms with van der Waals surface area (Å²) in [6, 6.07) is 48.4. The van der Waals surface area contributed by atoms with Crippen LogP contribution in [-0.2, 0) is 5.41 Å². The Morgan fingerprint density at radius 1 is 0.436 bits per heavy atom. The topological polar surface area (TPSA) is 64.5 Å². The predicted molar refractivity (Wildman–Crippen MR) is 221 cm³/mol. The van der Waals surface area contributed by atoms with Crippen molar-refractivity contribution in [2.24, 2.45) is 23.7 Å². The summed E-state index contributed by atoms with van der Waals surface area (Å²) >= 11 is 0. The first-order valence-electron chi connectivity index (χ1n) is 19.8. The summed E-state index contributed by atoms with van der Waals surface area (Å²) in [5.74, 6) is 5.00. The summed E-state index contributed by atoms with van der Waals surface area (Å²) in [5, 5.41) is 2.14. The van der Waals surface area contributed by atoms with Crippen molar-refractivity contribution in [2.45, 2.75) is 44.4 Å². The SMILES string of the molecule is Cc1ccc(-c2ccc(C3(c4ccc(-c5nc(-c6ccc7ncccc7c6)nc(-c6ccc7cccnc7c6)n5)cc4)C4CC5CC(C4)CC3C5)cc2)cc1. The largest absolute Gasteiger partial charge is 0.256 e. The van der Waals surface area contributed by atoms with E-state index in [0.29, 0.717) is 29.3 Å². The standard InChI is InChI=1S/C50H41N5/c1-31-6-8-34(9-7-31)35-12-17-41(18-13-35)50(43-25-32-24-33(27-43)28-44(50)26-32)42-19-14-37(15-20-42)47-53-48(39-16-21-45-38(29-39)5-3-22-51-45)55-49(54-47)40-11-10-36-4-2-23-52-46(36)30-40/h2-23,29-30,32-33,43-44H,24-28H2,1H3. The molecule has 0 atom stereocenters. The molecule has 4 bridgehead atoms. The third-order valence-electron chi connectivity index (χ3n) is 13.2. The van der Waals surface area contributed by atoms with Crippen molar-refractivity contribution in [3.05, 3.63) is 163 Å². The van der Waals surface area contributed by atoms with Crippen LogP contribution in [0, 0.1) is 30.6 Å². The average Bonchev–Trinajstić information content (AvgIpc) is 3.24. The number of aryl methyl sites for hydroxylation is 1. The van der Waals surface area contributed by atoms with Crippen molar-refractivity contribution in [3.63, 3.8) is 0 Å². The van der Waals surface area contributed by atoms with Crippen LogP contribution in [0.4, 0.5) is 0 Å². The molecule has 0 aliphatic heterocycles. The van der Waals surface area contributed by atoms with Gasteiger partial charge in [0.25, 0.3) is 0 Å². The molecule has 0 saturated heterocycles. The summed E-state index contributed by atoms with van der Waals surface area (Å²) in [4.78, 5) is 24.5. The van der Waals surface area contributed by atoms with Crippen molar-refractivity contribution in [1.82, 2.24) is 24.9 Å². The van der Waals surface area contributed by atoms with Gasteiger partial charge in [0.2, 0.25) is 0 Å². The third kappa shape index (κ3) is 5.47. The van der Waals surface area contributed by atoms with E-state index in [1.807, 2.05) is 30.6 Å². The second kappa shape index (κ2) is 12.8. The molecule has 4 saturated carbocycles. The van der Waals surface area contributed by atoms with E-state index in [1.54, 1.807) is 0 Å². The maximum absolute atomic E-state index is 5.14. The highest BCUT2D eigenvalue weighted by atomic mass is 15.0. The van der Waals surface area contributed by atoms with E-state index in [0.717, 1.165) is 50.3 Å². The molecular formula is C50H41N5. The van der Waals surface area contributed by atoms with Crippen molar-refractivity contribution in [2.75, 3.05) is 0 Å². The Bertz CT molecular complexity index is 2590. The van der Waals surface area contributed by atoms with Gasteiger partial charge in [-0.15, -0.1) is 0 Å². The molecule has 0 spiro atoms. The fourth-order valence-corrected chi connectivity index (χ4v) is 10.8. The Labute approximate surface area is 321 Å². The van der Waals surface area contributed by atoms with Crippen LogP contribution >= 0.6 is 0 Å². The first-order chi connectivity index (χ1) is 27.1. The number of rotatable bonds is 6. The number of benzene rings is 5. The number of hydrogen-bond donors (Lipinski definition) is 0. The van der Waals surface area contributed by atoms with Gasteiger partial charge in [0, 0.05) is 45.3 Å². The molecule has 55 heavy (non-hydrogen) atoms. The van der Waals surface area contributed by atoms with Crippen LogP contribution in [0.15, 0.2) is 146 Å². The Balaban J connectivity index is 1.02. The molecule has 0 N–H and O–H groups in total. The van der Waals surface area contributed by atoms with Gasteiger partial charge in [0.05, 0.1) is 11.0 Å². The monoisotopic (exact) mass is 711 g/mol. The molecule has 4 aliphatic carbocycles. The molecule has 3 heterocycles. The lowest BCUT2D eigenvalue weighted by Gasteiger charge is -2.62. The summed E-state index contributed by atoms with van der Waals surface area (Å²) < 4.78 is 0. The second-order valence-electron chi connectivity index (χ2n) is 16.3. The van der Waals surface area contributed by atoms with Crippen LogP contribution in [0.5, 0.6) is 0 Å². The Morgan fingerprint density at radius 3 is 1.56 bits per heavy atom. The summed E-state index contributed by atoms with van der Waals surface area (Å²) in [6.45, 7) is 2.15. The van der Waals surface area contributed by atoms with Crippen LogP contribution in [0.1, 0.15) is 48.8 Å². The van der Waals surface area contributed by atoms with Crippen LogP contribution in [0.3, 0.4) is 0 Å². The van der Waals surface area contributed by atoms with Crippen LogP contribution in [-0.4, -0.2) is 24.9 Å². The lowest BCUT2D eigenvalue weighted by Crippen LogP contribution is -2.56. The lowest BCUT2D eigenvalue weighted by atomic mass is 9.42. The van der Waals surface area contributed by atoms with Gasteiger partial charge in [-0.05, 0) is 121 Å². The predicted octanol–water partition coefficient (Wildman–Crippen LogP) is 11.7.